The van der Waals surface area contributed by atoms with Crippen molar-refractivity contribution in [3.05, 3.63) is 23.4 Å². The Balaban J connectivity index is 2.10. The molecule has 4 nitrogen and oxygen atoms in total. The van der Waals surface area contributed by atoms with E-state index in [4.69, 9.17) is 9.47 Å². The molecule has 0 saturated carbocycles. The average molecular weight is 265 g/mol. The summed E-state index contributed by atoms with van der Waals surface area (Å²) in [6, 6.07) is 3.73. The molecule has 4 heteroatoms. The highest BCUT2D eigenvalue weighted by molar-refractivity contribution is 5.28. The molecule has 1 aromatic heterocycles. The van der Waals surface area contributed by atoms with Crippen LogP contribution in [0.4, 0.5) is 0 Å². The maximum atomic E-state index is 9.32. The van der Waals surface area contributed by atoms with Crippen molar-refractivity contribution in [1.29, 1.82) is 0 Å². The molecule has 2 rings (SSSR count). The average Bonchev–Trinajstić information content (AvgIpc) is 2.88. The molecule has 0 bridgehead atoms. The van der Waals surface area contributed by atoms with E-state index in [9.17, 15) is 5.11 Å². The van der Waals surface area contributed by atoms with Gasteiger partial charge >= 0.3 is 0 Å². The summed E-state index contributed by atoms with van der Waals surface area (Å²) in [4.78, 5) is 4.52. The Morgan fingerprint density at radius 3 is 2.79 bits per heavy atom. The first-order valence-electron chi connectivity index (χ1n) is 6.86. The minimum atomic E-state index is -0.0624. The molecule has 1 aliphatic rings. The highest BCUT2D eigenvalue weighted by Crippen LogP contribution is 2.24. The summed E-state index contributed by atoms with van der Waals surface area (Å²) in [5.41, 5.74) is 1.70. The molecule has 2 heterocycles. The fourth-order valence-electron chi connectivity index (χ4n) is 2.06. The van der Waals surface area contributed by atoms with Crippen LogP contribution in [0, 0.1) is 0 Å². The van der Waals surface area contributed by atoms with Crippen LogP contribution in [0.2, 0.25) is 0 Å². The molecule has 106 valence electrons. The Morgan fingerprint density at radius 1 is 1.42 bits per heavy atom. The lowest BCUT2D eigenvalue weighted by Gasteiger charge is -2.20. The summed E-state index contributed by atoms with van der Waals surface area (Å²) in [7, 11) is 0. The molecule has 1 aromatic rings. The van der Waals surface area contributed by atoms with Crippen molar-refractivity contribution in [3.63, 3.8) is 0 Å². The quantitative estimate of drug-likeness (QED) is 0.908. The topological polar surface area (TPSA) is 51.6 Å². The molecule has 1 saturated heterocycles. The van der Waals surface area contributed by atoms with E-state index in [2.05, 4.69) is 25.8 Å². The van der Waals surface area contributed by atoms with Crippen molar-refractivity contribution in [2.24, 2.45) is 0 Å². The standard InChI is InChI=1S/C15H23NO3/c1-15(2,3)13-7-11(9-17)8-14(16-13)19-10-12-5-4-6-18-12/h7-8,12,17H,4-6,9-10H2,1-3H3. The number of rotatable bonds is 4. The summed E-state index contributed by atoms with van der Waals surface area (Å²) in [6.07, 6.45) is 2.33. The van der Waals surface area contributed by atoms with Crippen molar-refractivity contribution >= 4 is 0 Å². The zero-order chi connectivity index (χ0) is 13.9. The van der Waals surface area contributed by atoms with Gasteiger partial charge in [-0.15, -0.1) is 0 Å². The smallest absolute Gasteiger partial charge is 0.213 e. The van der Waals surface area contributed by atoms with E-state index in [-0.39, 0.29) is 18.1 Å². The molecular weight excluding hydrogens is 242 g/mol. The van der Waals surface area contributed by atoms with E-state index in [0.29, 0.717) is 12.5 Å². The van der Waals surface area contributed by atoms with Crippen molar-refractivity contribution in [3.8, 4) is 5.88 Å². The number of hydrogen-bond donors (Lipinski definition) is 1. The van der Waals surface area contributed by atoms with Crippen LogP contribution in [0.1, 0.15) is 44.9 Å². The normalized spacial score (nSPS) is 19.7. The predicted octanol–water partition coefficient (Wildman–Crippen LogP) is 2.43. The van der Waals surface area contributed by atoms with Gasteiger partial charge in [-0.25, -0.2) is 4.98 Å². The van der Waals surface area contributed by atoms with Gasteiger partial charge in [0.1, 0.15) is 6.61 Å². The second-order valence-corrected chi connectivity index (χ2v) is 6.05. The number of pyridine rings is 1. The zero-order valence-corrected chi connectivity index (χ0v) is 12.0. The Morgan fingerprint density at radius 2 is 2.21 bits per heavy atom. The van der Waals surface area contributed by atoms with E-state index < -0.39 is 0 Å². The first-order valence-corrected chi connectivity index (χ1v) is 6.86. The Bertz CT molecular complexity index is 420. The second kappa shape index (κ2) is 5.88. The zero-order valence-electron chi connectivity index (χ0n) is 12.0. The highest BCUT2D eigenvalue weighted by Gasteiger charge is 2.19. The van der Waals surface area contributed by atoms with E-state index in [1.165, 1.54) is 0 Å². The van der Waals surface area contributed by atoms with Crippen LogP contribution in [-0.4, -0.2) is 29.4 Å². The van der Waals surface area contributed by atoms with Gasteiger partial charge in [-0.1, -0.05) is 20.8 Å². The second-order valence-electron chi connectivity index (χ2n) is 6.05. The number of aliphatic hydroxyl groups is 1. The number of nitrogens with zero attached hydrogens (tertiary/aromatic N) is 1. The van der Waals surface area contributed by atoms with Gasteiger partial charge in [-0.3, -0.25) is 0 Å². The summed E-state index contributed by atoms with van der Waals surface area (Å²) < 4.78 is 11.2. The van der Waals surface area contributed by atoms with Crippen LogP contribution in [0.3, 0.4) is 0 Å². The number of hydrogen-bond acceptors (Lipinski definition) is 4. The molecular formula is C15H23NO3. The van der Waals surface area contributed by atoms with Gasteiger partial charge in [0, 0.05) is 18.1 Å². The van der Waals surface area contributed by atoms with E-state index in [1.54, 1.807) is 6.07 Å². The maximum absolute atomic E-state index is 9.32. The molecule has 1 fully saturated rings. The third kappa shape index (κ3) is 3.91. The summed E-state index contributed by atoms with van der Waals surface area (Å²) in [5.74, 6) is 0.576. The Hall–Kier alpha value is -1.13. The lowest BCUT2D eigenvalue weighted by molar-refractivity contribution is 0.0661. The van der Waals surface area contributed by atoms with Crippen molar-refractivity contribution in [2.75, 3.05) is 13.2 Å². The molecule has 1 atom stereocenters. The van der Waals surface area contributed by atoms with E-state index >= 15 is 0 Å². The van der Waals surface area contributed by atoms with Crippen LogP contribution >= 0.6 is 0 Å². The van der Waals surface area contributed by atoms with Gasteiger partial charge in [0.05, 0.1) is 18.4 Å². The molecule has 19 heavy (non-hydrogen) atoms. The van der Waals surface area contributed by atoms with Crippen molar-refractivity contribution < 1.29 is 14.6 Å². The first-order chi connectivity index (χ1) is 8.99. The van der Waals surface area contributed by atoms with Gasteiger partial charge in [-0.2, -0.15) is 0 Å². The first kappa shape index (κ1) is 14.3. The van der Waals surface area contributed by atoms with Crippen LogP contribution < -0.4 is 4.74 Å². The summed E-state index contributed by atoms with van der Waals surface area (Å²) in [6.45, 7) is 7.65. The lowest BCUT2D eigenvalue weighted by Crippen LogP contribution is -2.19. The Labute approximate surface area is 114 Å². The van der Waals surface area contributed by atoms with Gasteiger partial charge < -0.3 is 14.6 Å². The molecule has 0 spiro atoms. The minimum Gasteiger partial charge on any atom is -0.475 e. The molecule has 0 amide bonds. The van der Waals surface area contributed by atoms with E-state index in [0.717, 1.165) is 30.7 Å². The monoisotopic (exact) mass is 265 g/mol. The van der Waals surface area contributed by atoms with Gasteiger partial charge in [0.2, 0.25) is 5.88 Å². The fourth-order valence-corrected chi connectivity index (χ4v) is 2.06. The van der Waals surface area contributed by atoms with Crippen LogP contribution in [0.25, 0.3) is 0 Å². The van der Waals surface area contributed by atoms with Crippen LogP contribution in [0.5, 0.6) is 5.88 Å². The number of aliphatic hydroxyl groups excluding tert-OH is 1. The summed E-state index contributed by atoms with van der Waals surface area (Å²) >= 11 is 0. The van der Waals surface area contributed by atoms with Crippen molar-refractivity contribution in [1.82, 2.24) is 4.98 Å². The van der Waals surface area contributed by atoms with Gasteiger partial charge in [-0.05, 0) is 24.5 Å². The van der Waals surface area contributed by atoms with Crippen LogP contribution in [0.15, 0.2) is 12.1 Å². The third-order valence-corrected chi connectivity index (χ3v) is 3.25. The van der Waals surface area contributed by atoms with Crippen molar-refractivity contribution in [2.45, 2.75) is 51.7 Å². The van der Waals surface area contributed by atoms with Gasteiger partial charge in [0.25, 0.3) is 0 Å². The Kier molecular flexibility index (Phi) is 4.42. The molecule has 0 aliphatic carbocycles. The molecule has 1 N–H and O–H groups in total. The lowest BCUT2D eigenvalue weighted by atomic mass is 9.91. The minimum absolute atomic E-state index is 0.00187. The molecule has 1 aliphatic heterocycles. The largest absolute Gasteiger partial charge is 0.475 e. The third-order valence-electron chi connectivity index (χ3n) is 3.25. The molecule has 0 radical (unpaired) electrons. The summed E-state index contributed by atoms with van der Waals surface area (Å²) in [5, 5.41) is 9.32. The predicted molar refractivity (Wildman–Crippen MR) is 73.3 cm³/mol. The van der Waals surface area contributed by atoms with Crippen LogP contribution in [-0.2, 0) is 16.8 Å². The highest BCUT2D eigenvalue weighted by atomic mass is 16.5. The SMILES string of the molecule is CC(C)(C)c1cc(CO)cc(OCC2CCCO2)n1. The number of aromatic nitrogens is 1. The number of ether oxygens (including phenoxy) is 2. The maximum Gasteiger partial charge on any atom is 0.213 e. The van der Waals surface area contributed by atoms with Gasteiger partial charge in [0.15, 0.2) is 0 Å². The fraction of sp³-hybridized carbons (Fsp3) is 0.667. The molecule has 0 aromatic carbocycles. The molecule has 1 unspecified atom stereocenters. The van der Waals surface area contributed by atoms with E-state index in [1.807, 2.05) is 6.07 Å².